The van der Waals surface area contributed by atoms with Gasteiger partial charge in [-0.15, -0.1) is 10.2 Å². The number of ether oxygens (including phenoxy) is 1. The van der Waals surface area contributed by atoms with Gasteiger partial charge in [0.05, 0.1) is 5.69 Å². The summed E-state index contributed by atoms with van der Waals surface area (Å²) < 4.78 is 21.2. The molecule has 0 atom stereocenters. The van der Waals surface area contributed by atoms with Crippen molar-refractivity contribution in [1.82, 2.24) is 14.8 Å². The molecule has 0 saturated heterocycles. The first-order valence-electron chi connectivity index (χ1n) is 7.41. The van der Waals surface area contributed by atoms with E-state index in [9.17, 15) is 4.39 Å². The van der Waals surface area contributed by atoms with E-state index in [1.165, 1.54) is 6.07 Å². The number of anilines is 1. The molecule has 0 unspecified atom stereocenters. The Labute approximate surface area is 132 Å². The third-order valence-corrected chi connectivity index (χ3v) is 4.02. The summed E-state index contributed by atoms with van der Waals surface area (Å²) >= 11 is 0. The van der Waals surface area contributed by atoms with Crippen molar-refractivity contribution >= 4 is 5.95 Å². The van der Waals surface area contributed by atoms with Crippen molar-refractivity contribution in [3.63, 3.8) is 0 Å². The topological polar surface area (TPSA) is 66.0 Å². The van der Waals surface area contributed by atoms with Crippen LogP contribution < -0.4 is 10.5 Å². The van der Waals surface area contributed by atoms with Gasteiger partial charge in [-0.3, -0.25) is 4.57 Å². The maximum Gasteiger partial charge on any atom is 0.226 e. The fraction of sp³-hybridized carbons (Fsp3) is 0.176. The first kappa shape index (κ1) is 13.8. The molecule has 1 aromatic heterocycles. The van der Waals surface area contributed by atoms with E-state index in [1.54, 1.807) is 18.2 Å². The number of nitrogens with zero attached hydrogens (tertiary/aromatic N) is 3. The second-order valence-corrected chi connectivity index (χ2v) is 5.48. The third kappa shape index (κ3) is 2.42. The molecule has 0 fully saturated rings. The van der Waals surface area contributed by atoms with E-state index >= 15 is 0 Å². The van der Waals surface area contributed by atoms with Gasteiger partial charge in [-0.2, -0.15) is 0 Å². The lowest BCUT2D eigenvalue weighted by atomic mass is 10.0. The van der Waals surface area contributed by atoms with E-state index in [2.05, 4.69) is 10.2 Å². The Morgan fingerprint density at radius 3 is 2.87 bits per heavy atom. The molecule has 0 spiro atoms. The molecule has 3 aromatic rings. The molecule has 1 aliphatic heterocycles. The Kier molecular flexibility index (Phi) is 3.22. The minimum Gasteiger partial charge on any atom is -0.489 e. The molecule has 116 valence electrons. The van der Waals surface area contributed by atoms with Crippen LogP contribution in [-0.2, 0) is 19.4 Å². The van der Waals surface area contributed by atoms with Crippen molar-refractivity contribution in [2.75, 3.05) is 5.73 Å². The van der Waals surface area contributed by atoms with Crippen LogP contribution in [-0.4, -0.2) is 14.8 Å². The summed E-state index contributed by atoms with van der Waals surface area (Å²) in [5, 5.41) is 8.00. The first-order chi connectivity index (χ1) is 11.2. The smallest absolute Gasteiger partial charge is 0.226 e. The van der Waals surface area contributed by atoms with Crippen molar-refractivity contribution in [3.05, 3.63) is 65.2 Å². The van der Waals surface area contributed by atoms with Crippen LogP contribution in [0.3, 0.4) is 0 Å². The van der Waals surface area contributed by atoms with Crippen molar-refractivity contribution in [2.24, 2.45) is 0 Å². The first-order valence-corrected chi connectivity index (χ1v) is 7.41. The van der Waals surface area contributed by atoms with Gasteiger partial charge in [-0.05, 0) is 36.2 Å². The Morgan fingerprint density at radius 1 is 1.13 bits per heavy atom. The number of nitrogen functional groups attached to an aromatic ring is 1. The van der Waals surface area contributed by atoms with Gasteiger partial charge in [-0.1, -0.05) is 18.2 Å². The van der Waals surface area contributed by atoms with Gasteiger partial charge >= 0.3 is 0 Å². The molecule has 2 aromatic carbocycles. The summed E-state index contributed by atoms with van der Waals surface area (Å²) in [6, 6.07) is 12.4. The van der Waals surface area contributed by atoms with Gasteiger partial charge in [-0.25, -0.2) is 4.39 Å². The largest absolute Gasteiger partial charge is 0.489 e. The number of aryl methyl sites for hydroxylation is 2. The summed E-state index contributed by atoms with van der Waals surface area (Å²) in [6.07, 6.45) is 1.64. The Balaban J connectivity index is 1.59. The SMILES string of the molecule is Nc1nnc2n1-c1ccc(OCc3ccccc3F)cc1CC2. The Morgan fingerprint density at radius 2 is 2.00 bits per heavy atom. The minimum atomic E-state index is -0.257. The summed E-state index contributed by atoms with van der Waals surface area (Å²) in [5.74, 6) is 1.71. The van der Waals surface area contributed by atoms with Gasteiger partial charge in [0.15, 0.2) is 0 Å². The van der Waals surface area contributed by atoms with Gasteiger partial charge < -0.3 is 10.5 Å². The summed E-state index contributed by atoms with van der Waals surface area (Å²) in [4.78, 5) is 0. The highest BCUT2D eigenvalue weighted by atomic mass is 19.1. The molecule has 23 heavy (non-hydrogen) atoms. The molecule has 0 amide bonds. The van der Waals surface area contributed by atoms with E-state index < -0.39 is 0 Å². The highest BCUT2D eigenvalue weighted by Crippen LogP contribution is 2.29. The number of hydrogen-bond acceptors (Lipinski definition) is 4. The van der Waals surface area contributed by atoms with Crippen LogP contribution in [0, 0.1) is 5.82 Å². The molecule has 2 N–H and O–H groups in total. The van der Waals surface area contributed by atoms with Crippen LogP contribution in [0.15, 0.2) is 42.5 Å². The van der Waals surface area contributed by atoms with E-state index in [0.717, 1.165) is 29.9 Å². The maximum atomic E-state index is 13.6. The van der Waals surface area contributed by atoms with E-state index in [-0.39, 0.29) is 12.4 Å². The maximum absolute atomic E-state index is 13.6. The molecule has 0 saturated carbocycles. The van der Waals surface area contributed by atoms with Crippen LogP contribution in [0.2, 0.25) is 0 Å². The van der Waals surface area contributed by atoms with Gasteiger partial charge in [0.1, 0.15) is 24.0 Å². The zero-order chi connectivity index (χ0) is 15.8. The molecule has 0 bridgehead atoms. The molecule has 1 aliphatic rings. The predicted molar refractivity (Wildman–Crippen MR) is 83.9 cm³/mol. The zero-order valence-corrected chi connectivity index (χ0v) is 12.4. The van der Waals surface area contributed by atoms with Crippen molar-refractivity contribution < 1.29 is 9.13 Å². The average Bonchev–Trinajstić information content (AvgIpc) is 2.95. The van der Waals surface area contributed by atoms with E-state index in [4.69, 9.17) is 10.5 Å². The van der Waals surface area contributed by atoms with Crippen LogP contribution in [0.4, 0.5) is 10.3 Å². The third-order valence-electron chi connectivity index (χ3n) is 4.02. The highest BCUT2D eigenvalue weighted by molar-refractivity contribution is 5.52. The molecule has 2 heterocycles. The number of halogens is 1. The van der Waals surface area contributed by atoms with E-state index in [0.29, 0.717) is 17.3 Å². The number of aromatic nitrogens is 3. The fourth-order valence-corrected chi connectivity index (χ4v) is 2.85. The number of benzene rings is 2. The van der Waals surface area contributed by atoms with Crippen LogP contribution >= 0.6 is 0 Å². The molecular weight excluding hydrogens is 295 g/mol. The van der Waals surface area contributed by atoms with Gasteiger partial charge in [0.25, 0.3) is 0 Å². The Hall–Kier alpha value is -2.89. The Bertz CT molecular complexity index is 875. The molecule has 0 aliphatic carbocycles. The summed E-state index contributed by atoms with van der Waals surface area (Å²) in [5.41, 5.74) is 8.52. The second-order valence-electron chi connectivity index (χ2n) is 5.48. The zero-order valence-electron chi connectivity index (χ0n) is 12.4. The number of rotatable bonds is 3. The number of hydrogen-bond donors (Lipinski definition) is 1. The molecular formula is C17H15FN4O. The quantitative estimate of drug-likeness (QED) is 0.807. The predicted octanol–water partition coefficient (Wildman–Crippen LogP) is 2.67. The fourth-order valence-electron chi connectivity index (χ4n) is 2.85. The number of fused-ring (bicyclic) bond motifs is 3. The standard InChI is InChI=1S/C17H15FN4O/c18-14-4-2-1-3-12(14)10-23-13-6-7-15-11(9-13)5-8-16-20-21-17(19)22(15)16/h1-4,6-7,9H,5,8,10H2,(H2,19,21). The number of nitrogens with two attached hydrogens (primary N) is 1. The van der Waals surface area contributed by atoms with Gasteiger partial charge in [0, 0.05) is 12.0 Å². The van der Waals surface area contributed by atoms with Gasteiger partial charge in [0.2, 0.25) is 5.95 Å². The lowest BCUT2D eigenvalue weighted by Gasteiger charge is -2.19. The van der Waals surface area contributed by atoms with Crippen molar-refractivity contribution in [2.45, 2.75) is 19.4 Å². The van der Waals surface area contributed by atoms with E-state index in [1.807, 2.05) is 22.8 Å². The lowest BCUT2D eigenvalue weighted by molar-refractivity contribution is 0.299. The summed E-state index contributed by atoms with van der Waals surface area (Å²) in [7, 11) is 0. The molecule has 6 heteroatoms. The molecule has 4 rings (SSSR count). The van der Waals surface area contributed by atoms with Crippen LogP contribution in [0.1, 0.15) is 17.0 Å². The molecule has 0 radical (unpaired) electrons. The normalized spacial score (nSPS) is 12.6. The average molecular weight is 310 g/mol. The lowest BCUT2D eigenvalue weighted by Crippen LogP contribution is -2.14. The minimum absolute atomic E-state index is 0.200. The van der Waals surface area contributed by atoms with Crippen molar-refractivity contribution in [3.8, 4) is 11.4 Å². The molecule has 5 nitrogen and oxygen atoms in total. The monoisotopic (exact) mass is 310 g/mol. The second kappa shape index (κ2) is 5.39. The van der Waals surface area contributed by atoms with Crippen LogP contribution in [0.25, 0.3) is 5.69 Å². The van der Waals surface area contributed by atoms with Crippen molar-refractivity contribution in [1.29, 1.82) is 0 Å². The van der Waals surface area contributed by atoms with Crippen LogP contribution in [0.5, 0.6) is 5.75 Å². The summed E-state index contributed by atoms with van der Waals surface area (Å²) in [6.45, 7) is 0.200. The highest BCUT2D eigenvalue weighted by Gasteiger charge is 2.20.